The Kier molecular flexibility index (Phi) is 5.86. The first-order valence-electron chi connectivity index (χ1n) is 6.33. The second-order valence-corrected chi connectivity index (χ2v) is 5.00. The van der Waals surface area contributed by atoms with Gasteiger partial charge >= 0.3 is 6.18 Å². The first-order chi connectivity index (χ1) is 9.24. The molecule has 0 amide bonds. The third-order valence-electron chi connectivity index (χ3n) is 2.65. The van der Waals surface area contributed by atoms with Gasteiger partial charge in [0.2, 0.25) is 0 Å². The van der Waals surface area contributed by atoms with E-state index in [0.717, 1.165) is 12.8 Å². The van der Waals surface area contributed by atoms with Crippen molar-refractivity contribution in [3.63, 3.8) is 0 Å². The Labute approximate surface area is 119 Å². The van der Waals surface area contributed by atoms with Crippen LogP contribution in [0.15, 0.2) is 11.0 Å². The summed E-state index contributed by atoms with van der Waals surface area (Å²) in [5.41, 5.74) is -0.370. The van der Waals surface area contributed by atoms with Crippen molar-refractivity contribution in [3.8, 4) is 0 Å². The van der Waals surface area contributed by atoms with E-state index in [-0.39, 0.29) is 10.7 Å². The second-order valence-electron chi connectivity index (χ2n) is 4.62. The first kappa shape index (κ1) is 16.8. The minimum atomic E-state index is -4.28. The molecule has 1 aromatic heterocycles. The molecule has 1 atom stereocenters. The van der Waals surface area contributed by atoms with Gasteiger partial charge in [-0.25, -0.2) is 4.68 Å². The summed E-state index contributed by atoms with van der Waals surface area (Å²) in [6.45, 7) is 3.78. The number of alkyl halides is 3. The van der Waals surface area contributed by atoms with Crippen molar-refractivity contribution < 1.29 is 13.2 Å². The lowest BCUT2D eigenvalue weighted by atomic mass is 10.2. The van der Waals surface area contributed by atoms with Gasteiger partial charge in [0.1, 0.15) is 5.02 Å². The predicted octanol–water partition coefficient (Wildman–Crippen LogP) is 3.45. The van der Waals surface area contributed by atoms with Gasteiger partial charge in [0, 0.05) is 12.6 Å². The van der Waals surface area contributed by atoms with Crippen LogP contribution in [0.25, 0.3) is 0 Å². The van der Waals surface area contributed by atoms with Gasteiger partial charge in [-0.3, -0.25) is 4.79 Å². The lowest BCUT2D eigenvalue weighted by Crippen LogP contribution is -2.28. The molecule has 1 rings (SSSR count). The SMILES string of the molecule is CCCCn1ncc(NC(C)CC(F)(F)F)c(Cl)c1=O. The van der Waals surface area contributed by atoms with E-state index < -0.39 is 24.2 Å². The maximum Gasteiger partial charge on any atom is 0.391 e. The standard InChI is InChI=1S/C12H17ClF3N3O/c1-3-4-5-19-11(20)10(13)9(7-17-19)18-8(2)6-12(14,15)16/h7-8,18H,3-6H2,1-2H3. The molecule has 4 nitrogen and oxygen atoms in total. The van der Waals surface area contributed by atoms with Gasteiger partial charge in [-0.15, -0.1) is 0 Å². The van der Waals surface area contributed by atoms with Crippen molar-refractivity contribution in [2.75, 3.05) is 5.32 Å². The second kappa shape index (κ2) is 6.97. The van der Waals surface area contributed by atoms with Gasteiger partial charge in [-0.1, -0.05) is 24.9 Å². The van der Waals surface area contributed by atoms with Gasteiger partial charge < -0.3 is 5.32 Å². The smallest absolute Gasteiger partial charge is 0.380 e. The fourth-order valence-corrected chi connectivity index (χ4v) is 1.90. The zero-order valence-electron chi connectivity index (χ0n) is 11.3. The third-order valence-corrected chi connectivity index (χ3v) is 3.01. The van der Waals surface area contributed by atoms with Crippen LogP contribution in [0.5, 0.6) is 0 Å². The van der Waals surface area contributed by atoms with E-state index in [1.807, 2.05) is 6.92 Å². The number of hydrogen-bond donors (Lipinski definition) is 1. The van der Waals surface area contributed by atoms with Gasteiger partial charge in [-0.2, -0.15) is 18.3 Å². The third kappa shape index (κ3) is 5.03. The Morgan fingerprint density at radius 3 is 2.70 bits per heavy atom. The highest BCUT2D eigenvalue weighted by Gasteiger charge is 2.30. The monoisotopic (exact) mass is 311 g/mol. The number of unbranched alkanes of at least 4 members (excludes halogenated alkanes) is 1. The normalized spacial score (nSPS) is 13.3. The van der Waals surface area contributed by atoms with Crippen LogP contribution in [0.2, 0.25) is 5.02 Å². The largest absolute Gasteiger partial charge is 0.391 e. The number of nitrogens with zero attached hydrogens (tertiary/aromatic N) is 2. The van der Waals surface area contributed by atoms with Gasteiger partial charge in [0.15, 0.2) is 0 Å². The summed E-state index contributed by atoms with van der Waals surface area (Å²) in [7, 11) is 0. The highest BCUT2D eigenvalue weighted by molar-refractivity contribution is 6.32. The van der Waals surface area contributed by atoms with Crippen LogP contribution in [0.4, 0.5) is 18.9 Å². The maximum atomic E-state index is 12.2. The molecule has 0 aliphatic rings. The molecule has 0 bridgehead atoms. The van der Waals surface area contributed by atoms with E-state index in [1.54, 1.807) is 0 Å². The average Bonchev–Trinajstić information content (AvgIpc) is 2.32. The molecular formula is C12H17ClF3N3O. The summed E-state index contributed by atoms with van der Waals surface area (Å²) in [6.07, 6.45) is -2.33. The fourth-order valence-electron chi connectivity index (χ4n) is 1.70. The number of halogens is 4. The van der Waals surface area contributed by atoms with Crippen molar-refractivity contribution in [1.82, 2.24) is 9.78 Å². The lowest BCUT2D eigenvalue weighted by molar-refractivity contribution is -0.136. The maximum absolute atomic E-state index is 12.2. The quantitative estimate of drug-likeness (QED) is 0.875. The highest BCUT2D eigenvalue weighted by Crippen LogP contribution is 2.24. The molecule has 1 aromatic rings. The number of aromatic nitrogens is 2. The molecule has 8 heteroatoms. The van der Waals surface area contributed by atoms with Crippen molar-refractivity contribution in [2.45, 2.75) is 51.9 Å². The number of aryl methyl sites for hydroxylation is 1. The van der Waals surface area contributed by atoms with Crippen LogP contribution in [-0.2, 0) is 6.54 Å². The van der Waals surface area contributed by atoms with Crippen molar-refractivity contribution in [1.29, 1.82) is 0 Å². The molecule has 1 heterocycles. The van der Waals surface area contributed by atoms with Crippen LogP contribution in [-0.4, -0.2) is 22.0 Å². The molecule has 0 fully saturated rings. The molecule has 0 saturated heterocycles. The van der Waals surface area contributed by atoms with E-state index in [9.17, 15) is 18.0 Å². The summed E-state index contributed by atoms with van der Waals surface area (Å²) >= 11 is 5.88. The molecule has 0 spiro atoms. The number of nitrogens with one attached hydrogen (secondary N) is 1. The Morgan fingerprint density at radius 2 is 2.15 bits per heavy atom. The van der Waals surface area contributed by atoms with Gasteiger partial charge in [0.25, 0.3) is 5.56 Å². The first-order valence-corrected chi connectivity index (χ1v) is 6.71. The minimum Gasteiger partial charge on any atom is -0.380 e. The number of rotatable bonds is 6. The molecular weight excluding hydrogens is 295 g/mol. The molecule has 114 valence electrons. The Hall–Kier alpha value is -1.24. The minimum absolute atomic E-state index is 0.126. The summed E-state index contributed by atoms with van der Waals surface area (Å²) in [4.78, 5) is 11.9. The van der Waals surface area contributed by atoms with Crippen LogP contribution in [0.1, 0.15) is 33.1 Å². The predicted molar refractivity (Wildman–Crippen MR) is 72.2 cm³/mol. The molecule has 1 unspecified atom stereocenters. The zero-order valence-corrected chi connectivity index (χ0v) is 12.1. The molecule has 0 aliphatic heterocycles. The molecule has 0 saturated carbocycles. The van der Waals surface area contributed by atoms with E-state index in [0.29, 0.717) is 6.54 Å². The zero-order chi connectivity index (χ0) is 15.3. The van der Waals surface area contributed by atoms with Crippen molar-refractivity contribution in [2.24, 2.45) is 0 Å². The average molecular weight is 312 g/mol. The molecule has 0 radical (unpaired) electrons. The fraction of sp³-hybridized carbons (Fsp3) is 0.667. The lowest BCUT2D eigenvalue weighted by Gasteiger charge is -2.17. The van der Waals surface area contributed by atoms with E-state index in [4.69, 9.17) is 11.6 Å². The number of hydrogen-bond acceptors (Lipinski definition) is 3. The van der Waals surface area contributed by atoms with Crippen molar-refractivity contribution in [3.05, 3.63) is 21.6 Å². The Morgan fingerprint density at radius 1 is 1.50 bits per heavy atom. The van der Waals surface area contributed by atoms with E-state index >= 15 is 0 Å². The van der Waals surface area contributed by atoms with Crippen LogP contribution < -0.4 is 10.9 Å². The molecule has 0 aromatic carbocycles. The van der Waals surface area contributed by atoms with Gasteiger partial charge in [0.05, 0.1) is 18.3 Å². The molecule has 20 heavy (non-hydrogen) atoms. The van der Waals surface area contributed by atoms with Crippen LogP contribution in [0, 0.1) is 0 Å². The molecule has 0 aliphatic carbocycles. The summed E-state index contributed by atoms with van der Waals surface area (Å²) < 4.78 is 37.9. The summed E-state index contributed by atoms with van der Waals surface area (Å²) in [5.74, 6) is 0. The van der Waals surface area contributed by atoms with Crippen molar-refractivity contribution >= 4 is 17.3 Å². The highest BCUT2D eigenvalue weighted by atomic mass is 35.5. The number of anilines is 1. The topological polar surface area (TPSA) is 46.9 Å². The van der Waals surface area contributed by atoms with E-state index in [2.05, 4.69) is 10.4 Å². The Balaban J connectivity index is 2.82. The summed E-state index contributed by atoms with van der Waals surface area (Å²) in [5, 5.41) is 6.33. The Bertz CT molecular complexity index is 502. The summed E-state index contributed by atoms with van der Waals surface area (Å²) in [6, 6.07) is -0.889. The van der Waals surface area contributed by atoms with Gasteiger partial charge in [-0.05, 0) is 13.3 Å². The van der Waals surface area contributed by atoms with Crippen LogP contribution >= 0.6 is 11.6 Å². The van der Waals surface area contributed by atoms with Crippen LogP contribution in [0.3, 0.4) is 0 Å². The molecule has 1 N–H and O–H groups in total. The van der Waals surface area contributed by atoms with E-state index in [1.165, 1.54) is 17.8 Å².